The zero-order valence-corrected chi connectivity index (χ0v) is 21.1. The van der Waals surface area contributed by atoms with Gasteiger partial charge in [-0.15, -0.1) is 19.6 Å². The van der Waals surface area contributed by atoms with E-state index in [1.54, 1.807) is 30.3 Å². The lowest BCUT2D eigenvalue weighted by atomic mass is 10.3. The van der Waals surface area contributed by atoms with E-state index in [9.17, 15) is 4.79 Å². The largest absolute Gasteiger partial charge is 0.499 e. The molecule has 0 fully saturated rings. The Morgan fingerprint density at radius 1 is 1.08 bits per heavy atom. The zero-order valence-electron chi connectivity index (χ0n) is 20.3. The highest BCUT2D eigenvalue weighted by Crippen LogP contribution is 2.23. The molecule has 0 aliphatic heterocycles. The van der Waals surface area contributed by atoms with Gasteiger partial charge in [0.1, 0.15) is 6.26 Å². The molecule has 12 nitrogen and oxygen atoms in total. The molecule has 3 aromatic rings. The van der Waals surface area contributed by atoms with Crippen molar-refractivity contribution in [2.75, 3.05) is 33.3 Å². The van der Waals surface area contributed by atoms with E-state index in [0.717, 1.165) is 36.6 Å². The van der Waals surface area contributed by atoms with Crippen LogP contribution < -0.4 is 11.2 Å². The van der Waals surface area contributed by atoms with Crippen LogP contribution in [0.4, 0.5) is 11.4 Å². The van der Waals surface area contributed by atoms with Gasteiger partial charge in [-0.3, -0.25) is 0 Å². The summed E-state index contributed by atoms with van der Waals surface area (Å²) in [6, 6.07) is 12.4. The molecule has 0 aliphatic rings. The number of methoxy groups -OCH3 is 1. The van der Waals surface area contributed by atoms with Gasteiger partial charge >= 0.3 is 5.69 Å². The monoisotopic (exact) mass is 515 g/mol. The predicted octanol–water partition coefficient (Wildman–Crippen LogP) is 4.56. The Labute approximate surface area is 212 Å². The molecule has 0 aliphatic carbocycles. The molecule has 36 heavy (non-hydrogen) atoms. The van der Waals surface area contributed by atoms with E-state index in [0.29, 0.717) is 29.0 Å². The lowest BCUT2D eigenvalue weighted by molar-refractivity contribution is -0.244. The molecule has 0 amide bonds. The van der Waals surface area contributed by atoms with Crippen molar-refractivity contribution >= 4 is 40.9 Å². The van der Waals surface area contributed by atoms with Crippen molar-refractivity contribution in [3.63, 3.8) is 0 Å². The number of likely N-dealkylation sites (N-methyl/N-ethyl adjacent to an activating group) is 1. The molecular weight excluding hydrogens is 486 g/mol. The molecular formula is C23H29N7O5S. The van der Waals surface area contributed by atoms with E-state index in [1.165, 1.54) is 19.8 Å². The fourth-order valence-electron chi connectivity index (χ4n) is 2.96. The zero-order chi connectivity index (χ0) is 25.6. The van der Waals surface area contributed by atoms with Crippen LogP contribution in [-0.4, -0.2) is 54.6 Å². The Morgan fingerprint density at radius 2 is 1.83 bits per heavy atom. The summed E-state index contributed by atoms with van der Waals surface area (Å²) in [6.45, 7) is 7.77. The highest BCUT2D eigenvalue weighted by molar-refractivity contribution is 7.94. The summed E-state index contributed by atoms with van der Waals surface area (Å²) in [5.41, 5.74) is 5.02. The number of hydrogen-bond donors (Lipinski definition) is 3. The Bertz CT molecular complexity index is 1220. The second-order valence-corrected chi connectivity index (χ2v) is 7.98. The summed E-state index contributed by atoms with van der Waals surface area (Å²) >= 11 is 1.08. The van der Waals surface area contributed by atoms with Gasteiger partial charge in [0.15, 0.2) is 6.40 Å². The number of azo groups is 1. The Balaban J connectivity index is 1.45. The van der Waals surface area contributed by atoms with E-state index in [1.807, 2.05) is 12.1 Å². The van der Waals surface area contributed by atoms with Gasteiger partial charge < -0.3 is 24.3 Å². The van der Waals surface area contributed by atoms with Crippen LogP contribution in [0.5, 0.6) is 0 Å². The van der Waals surface area contributed by atoms with Crippen LogP contribution >= 0.6 is 12.0 Å². The predicted molar refractivity (Wildman–Crippen MR) is 138 cm³/mol. The molecule has 0 spiro atoms. The van der Waals surface area contributed by atoms with Gasteiger partial charge in [0.05, 0.1) is 41.6 Å². The minimum Gasteiger partial charge on any atom is -0.499 e. The molecule has 0 radical (unpaired) electrons. The number of hydroxylamine groups is 1. The summed E-state index contributed by atoms with van der Waals surface area (Å²) in [5, 5.41) is 8.18. The summed E-state index contributed by atoms with van der Waals surface area (Å²) < 4.78 is 15.5. The maximum atomic E-state index is 11.4. The van der Waals surface area contributed by atoms with Gasteiger partial charge in [-0.05, 0) is 55.6 Å². The molecule has 0 saturated carbocycles. The van der Waals surface area contributed by atoms with Crippen LogP contribution in [-0.2, 0) is 18.8 Å². The number of nitrogens with one attached hydrogen (secondary N) is 3. The number of hydrogen-bond acceptors (Lipinski definition) is 11. The number of imidazole rings is 1. The molecule has 3 N–H and O–H groups in total. The van der Waals surface area contributed by atoms with Gasteiger partial charge in [0, 0.05) is 18.0 Å². The highest BCUT2D eigenvalue weighted by atomic mass is 32.2. The number of benzene rings is 2. The summed E-state index contributed by atoms with van der Waals surface area (Å²) in [7, 11) is 1.47. The summed E-state index contributed by atoms with van der Waals surface area (Å²) in [5.74, 6) is 0.100. The number of H-pyrrole nitrogens is 2. The van der Waals surface area contributed by atoms with Crippen LogP contribution in [0.3, 0.4) is 0 Å². The first-order valence-electron chi connectivity index (χ1n) is 11.2. The maximum Gasteiger partial charge on any atom is 0.323 e. The van der Waals surface area contributed by atoms with Crippen LogP contribution in [0.2, 0.25) is 0 Å². The molecule has 1 heterocycles. The van der Waals surface area contributed by atoms with Gasteiger partial charge in [-0.2, -0.15) is 5.48 Å². The van der Waals surface area contributed by atoms with Gasteiger partial charge in [0.2, 0.25) is 0 Å². The fourth-order valence-corrected chi connectivity index (χ4v) is 3.37. The van der Waals surface area contributed by atoms with E-state index in [4.69, 9.17) is 18.8 Å². The van der Waals surface area contributed by atoms with Crippen molar-refractivity contribution in [2.24, 2.45) is 15.2 Å². The fraction of sp³-hybridized carbons (Fsp3) is 0.304. The molecule has 192 valence electrons. The summed E-state index contributed by atoms with van der Waals surface area (Å²) in [6.07, 6.45) is 2.51. The van der Waals surface area contributed by atoms with Crippen LogP contribution in [0.25, 0.3) is 11.0 Å². The molecule has 0 unspecified atom stereocenters. The second kappa shape index (κ2) is 14.8. The maximum absolute atomic E-state index is 11.4. The summed E-state index contributed by atoms with van der Waals surface area (Å²) in [4.78, 5) is 29.0. The van der Waals surface area contributed by atoms with Crippen molar-refractivity contribution < 1.29 is 18.8 Å². The van der Waals surface area contributed by atoms with Gasteiger partial charge in [-0.25, -0.2) is 9.79 Å². The first-order valence-corrected chi connectivity index (χ1v) is 12.0. The minimum absolute atomic E-state index is 0.100. The first kappa shape index (κ1) is 27.1. The second-order valence-electron chi connectivity index (χ2n) is 7.20. The third-order valence-electron chi connectivity index (χ3n) is 4.84. The highest BCUT2D eigenvalue weighted by Gasteiger charge is 2.02. The van der Waals surface area contributed by atoms with E-state index < -0.39 is 0 Å². The van der Waals surface area contributed by atoms with Crippen molar-refractivity contribution in [1.29, 1.82) is 0 Å². The normalized spacial score (nSPS) is 12.4. The van der Waals surface area contributed by atoms with Crippen LogP contribution in [0.15, 0.2) is 79.5 Å². The number of ether oxygens (including phenoxy) is 2. The van der Waals surface area contributed by atoms with Gasteiger partial charge in [-0.1, -0.05) is 13.8 Å². The SMILES string of the molecule is CCN(CC)CCNOOSc1ccc(N=N/C(=C/OC)OC=Nc2ccc3[nH]c(=O)[nH]c3c2)cc1. The molecule has 0 atom stereocenters. The topological polar surface area (TPSA) is 138 Å². The molecule has 1 aromatic heterocycles. The third-order valence-corrected chi connectivity index (χ3v) is 5.44. The molecule has 0 saturated heterocycles. The standard InChI is InChI=1S/C23H29N7O5S/c1-4-30(5-2)13-12-25-34-35-36-19-9-6-17(7-10-19)28-29-22(15-32-3)33-16-24-18-8-11-20-21(14-18)27-23(31)26-20/h6-11,14-16,25H,4-5,12-13H2,1-3H3,(H2,26,27,31)/b22-15-,24-16?,29-28?. The van der Waals surface area contributed by atoms with Crippen molar-refractivity contribution in [3.05, 3.63) is 65.1 Å². The number of aromatic nitrogens is 2. The molecule has 2 aromatic carbocycles. The average Bonchev–Trinajstić information content (AvgIpc) is 3.27. The molecule has 13 heteroatoms. The van der Waals surface area contributed by atoms with Gasteiger partial charge in [0.25, 0.3) is 5.88 Å². The van der Waals surface area contributed by atoms with E-state index in [-0.39, 0.29) is 11.6 Å². The van der Waals surface area contributed by atoms with Crippen LogP contribution in [0.1, 0.15) is 13.8 Å². The Hall–Kier alpha value is -3.49. The van der Waals surface area contributed by atoms with Crippen molar-refractivity contribution in [3.8, 4) is 0 Å². The smallest absolute Gasteiger partial charge is 0.323 e. The molecule has 0 bridgehead atoms. The quantitative estimate of drug-likeness (QED) is 0.0391. The average molecular weight is 516 g/mol. The lowest BCUT2D eigenvalue weighted by Crippen LogP contribution is -2.31. The van der Waals surface area contributed by atoms with Crippen molar-refractivity contribution in [2.45, 2.75) is 18.7 Å². The van der Waals surface area contributed by atoms with Crippen molar-refractivity contribution in [1.82, 2.24) is 20.3 Å². The Kier molecular flexibility index (Phi) is 11.1. The molecule has 3 rings (SSSR count). The number of nitrogens with zero attached hydrogens (tertiary/aromatic N) is 4. The number of aliphatic imine (C=N–C) groups is 1. The van der Waals surface area contributed by atoms with E-state index in [2.05, 4.69) is 49.4 Å². The number of fused-ring (bicyclic) bond motifs is 1. The minimum atomic E-state index is -0.279. The number of rotatable bonds is 15. The van der Waals surface area contributed by atoms with E-state index >= 15 is 0 Å². The third kappa shape index (κ3) is 8.94. The van der Waals surface area contributed by atoms with Crippen LogP contribution in [0, 0.1) is 0 Å². The first-order chi connectivity index (χ1) is 17.6. The number of aromatic amines is 2. The lowest BCUT2D eigenvalue weighted by Gasteiger charge is -2.17. The Morgan fingerprint density at radius 3 is 2.58 bits per heavy atom.